The van der Waals surface area contributed by atoms with Gasteiger partial charge in [0.05, 0.1) is 0 Å². The molecule has 0 aromatic rings. The predicted octanol–water partition coefficient (Wildman–Crippen LogP) is 4.21. The van der Waals surface area contributed by atoms with E-state index < -0.39 is 0 Å². The van der Waals surface area contributed by atoms with Crippen molar-refractivity contribution in [2.24, 2.45) is 23.7 Å². The Morgan fingerprint density at radius 3 is 2.00 bits per heavy atom. The molecule has 0 heterocycles. The van der Waals surface area contributed by atoms with Gasteiger partial charge >= 0.3 is 0 Å². The fourth-order valence-electron chi connectivity index (χ4n) is 6.39. The minimum absolute atomic E-state index is 0.180. The van der Waals surface area contributed by atoms with Gasteiger partial charge in [-0.15, -0.1) is 11.6 Å². The Morgan fingerprint density at radius 1 is 0.905 bits per heavy atom. The Morgan fingerprint density at radius 2 is 1.48 bits per heavy atom. The first-order valence-corrected chi connectivity index (χ1v) is 9.67. The molecule has 0 aromatic carbocycles. The van der Waals surface area contributed by atoms with E-state index in [1.165, 1.54) is 64.2 Å². The van der Waals surface area contributed by atoms with Gasteiger partial charge in [0.15, 0.2) is 0 Å². The Kier molecular flexibility index (Phi) is 3.94. The van der Waals surface area contributed by atoms with Crippen LogP contribution in [0.15, 0.2) is 0 Å². The van der Waals surface area contributed by atoms with E-state index in [-0.39, 0.29) is 11.8 Å². The van der Waals surface area contributed by atoms with E-state index in [0.29, 0.717) is 12.1 Å². The van der Waals surface area contributed by atoms with E-state index in [2.05, 4.69) is 4.90 Å². The topological polar surface area (TPSA) is 20.3 Å². The number of carbonyl (C=O) groups is 1. The van der Waals surface area contributed by atoms with Crippen molar-refractivity contribution in [3.63, 3.8) is 0 Å². The number of halogens is 1. The molecule has 0 aliphatic heterocycles. The first-order chi connectivity index (χ1) is 10.3. The maximum Gasteiger partial charge on any atom is 0.238 e. The molecule has 118 valence electrons. The van der Waals surface area contributed by atoms with Crippen LogP contribution in [0, 0.1) is 23.7 Å². The van der Waals surface area contributed by atoms with E-state index in [9.17, 15) is 4.79 Å². The summed E-state index contributed by atoms with van der Waals surface area (Å²) in [5.41, 5.74) is 0. The SMILES string of the molecule is O=C(CCl)N(C1CCCCC1)C1C2CC3CC(C2)CC1C3. The average molecular weight is 310 g/mol. The maximum atomic E-state index is 12.6. The molecule has 0 atom stereocenters. The largest absolute Gasteiger partial charge is 0.335 e. The first kappa shape index (κ1) is 14.4. The fourth-order valence-corrected chi connectivity index (χ4v) is 6.53. The molecule has 0 radical (unpaired) electrons. The van der Waals surface area contributed by atoms with Gasteiger partial charge in [-0.3, -0.25) is 4.79 Å². The third kappa shape index (κ3) is 2.52. The molecule has 0 unspecified atom stereocenters. The number of rotatable bonds is 3. The van der Waals surface area contributed by atoms with E-state index >= 15 is 0 Å². The molecule has 0 N–H and O–H groups in total. The van der Waals surface area contributed by atoms with Crippen LogP contribution in [0.3, 0.4) is 0 Å². The lowest BCUT2D eigenvalue weighted by Gasteiger charge is -2.58. The van der Waals surface area contributed by atoms with E-state index in [1.54, 1.807) is 0 Å². The van der Waals surface area contributed by atoms with Crippen LogP contribution in [-0.2, 0) is 4.79 Å². The highest BCUT2D eigenvalue weighted by Gasteiger charge is 2.51. The summed E-state index contributed by atoms with van der Waals surface area (Å²) in [6, 6.07) is 1.03. The third-order valence-electron chi connectivity index (χ3n) is 6.87. The van der Waals surface area contributed by atoms with Crippen molar-refractivity contribution in [3.05, 3.63) is 0 Å². The minimum Gasteiger partial charge on any atom is -0.335 e. The van der Waals surface area contributed by atoms with Crippen molar-refractivity contribution < 1.29 is 4.79 Å². The van der Waals surface area contributed by atoms with E-state index in [4.69, 9.17) is 11.6 Å². The zero-order chi connectivity index (χ0) is 14.4. The lowest BCUT2D eigenvalue weighted by molar-refractivity contribution is -0.147. The van der Waals surface area contributed by atoms with Crippen molar-refractivity contribution >= 4 is 17.5 Å². The second kappa shape index (κ2) is 5.76. The van der Waals surface area contributed by atoms with Crippen molar-refractivity contribution in [3.8, 4) is 0 Å². The fraction of sp³-hybridized carbons (Fsp3) is 0.944. The Balaban J connectivity index is 1.59. The maximum absolute atomic E-state index is 12.6. The van der Waals surface area contributed by atoms with Gasteiger partial charge in [0.25, 0.3) is 0 Å². The Hall–Kier alpha value is -0.240. The third-order valence-corrected chi connectivity index (χ3v) is 7.10. The zero-order valence-corrected chi connectivity index (χ0v) is 13.7. The molecule has 1 amide bonds. The standard InChI is InChI=1S/C18H28ClNO/c19-11-17(21)20(16-4-2-1-3-5-16)18-14-7-12-6-13(9-14)10-15(18)8-12/h12-16,18H,1-11H2. The van der Waals surface area contributed by atoms with Gasteiger partial charge in [-0.05, 0) is 68.6 Å². The van der Waals surface area contributed by atoms with Crippen LogP contribution in [0.1, 0.15) is 64.2 Å². The summed E-state index contributed by atoms with van der Waals surface area (Å²) >= 11 is 5.99. The highest BCUT2D eigenvalue weighted by Crippen LogP contribution is 2.55. The molecular formula is C18H28ClNO. The van der Waals surface area contributed by atoms with Crippen molar-refractivity contribution in [1.29, 1.82) is 0 Å². The van der Waals surface area contributed by atoms with Crippen LogP contribution >= 0.6 is 11.6 Å². The Labute approximate surface area is 133 Å². The second-order valence-corrected chi connectivity index (χ2v) is 8.42. The summed E-state index contributed by atoms with van der Waals surface area (Å²) in [5.74, 6) is 3.93. The normalized spacial score (nSPS) is 42.2. The average Bonchev–Trinajstić information content (AvgIpc) is 2.50. The number of hydrogen-bond donors (Lipinski definition) is 0. The second-order valence-electron chi connectivity index (χ2n) is 8.15. The summed E-state index contributed by atoms with van der Waals surface area (Å²) in [7, 11) is 0. The van der Waals surface area contributed by atoms with Crippen LogP contribution < -0.4 is 0 Å². The van der Waals surface area contributed by atoms with Crippen LogP contribution in [0.5, 0.6) is 0 Å². The quantitative estimate of drug-likeness (QED) is 0.715. The highest BCUT2D eigenvalue weighted by molar-refractivity contribution is 6.27. The van der Waals surface area contributed by atoms with Gasteiger partial charge in [-0.2, -0.15) is 0 Å². The summed E-state index contributed by atoms with van der Waals surface area (Å²) in [4.78, 5) is 14.9. The minimum atomic E-state index is 0.180. The molecule has 0 spiro atoms. The van der Waals surface area contributed by atoms with Gasteiger partial charge in [0, 0.05) is 12.1 Å². The molecule has 5 aliphatic carbocycles. The monoisotopic (exact) mass is 309 g/mol. The van der Waals surface area contributed by atoms with Crippen LogP contribution in [0.2, 0.25) is 0 Å². The lowest BCUT2D eigenvalue weighted by atomic mass is 9.53. The first-order valence-electron chi connectivity index (χ1n) is 9.13. The van der Waals surface area contributed by atoms with Gasteiger partial charge in [0.2, 0.25) is 5.91 Å². The molecule has 3 heteroatoms. The lowest BCUT2D eigenvalue weighted by Crippen LogP contribution is -2.60. The van der Waals surface area contributed by atoms with Crippen molar-refractivity contribution in [1.82, 2.24) is 4.90 Å². The number of hydrogen-bond acceptors (Lipinski definition) is 1. The Bertz CT molecular complexity index is 376. The zero-order valence-electron chi connectivity index (χ0n) is 13.0. The molecule has 21 heavy (non-hydrogen) atoms. The smallest absolute Gasteiger partial charge is 0.238 e. The molecule has 5 rings (SSSR count). The number of nitrogens with zero attached hydrogens (tertiary/aromatic N) is 1. The summed E-state index contributed by atoms with van der Waals surface area (Å²) in [6.07, 6.45) is 13.4. The summed E-state index contributed by atoms with van der Waals surface area (Å²) < 4.78 is 0. The van der Waals surface area contributed by atoms with Crippen molar-refractivity contribution in [2.45, 2.75) is 76.3 Å². The highest BCUT2D eigenvalue weighted by atomic mass is 35.5. The number of amides is 1. The van der Waals surface area contributed by atoms with E-state index in [0.717, 1.165) is 23.7 Å². The van der Waals surface area contributed by atoms with Crippen LogP contribution in [0.25, 0.3) is 0 Å². The number of carbonyl (C=O) groups excluding carboxylic acids is 1. The summed E-state index contributed by atoms with van der Waals surface area (Å²) in [5, 5.41) is 0. The van der Waals surface area contributed by atoms with Gasteiger partial charge in [-0.1, -0.05) is 19.3 Å². The molecule has 2 nitrogen and oxygen atoms in total. The van der Waals surface area contributed by atoms with Crippen LogP contribution in [0.4, 0.5) is 0 Å². The summed E-state index contributed by atoms with van der Waals surface area (Å²) in [6.45, 7) is 0. The molecule has 0 saturated heterocycles. The molecule has 0 aromatic heterocycles. The molecule has 5 saturated carbocycles. The van der Waals surface area contributed by atoms with E-state index in [1.807, 2.05) is 0 Å². The van der Waals surface area contributed by atoms with Crippen LogP contribution in [-0.4, -0.2) is 28.8 Å². The predicted molar refractivity (Wildman–Crippen MR) is 85.3 cm³/mol. The van der Waals surface area contributed by atoms with Gasteiger partial charge in [0.1, 0.15) is 5.88 Å². The van der Waals surface area contributed by atoms with Gasteiger partial charge < -0.3 is 4.90 Å². The van der Waals surface area contributed by atoms with Gasteiger partial charge in [-0.25, -0.2) is 0 Å². The number of alkyl halides is 1. The van der Waals surface area contributed by atoms with Crippen molar-refractivity contribution in [2.75, 3.05) is 5.88 Å². The molecular weight excluding hydrogens is 282 g/mol. The molecule has 4 bridgehead atoms. The molecule has 5 fully saturated rings. The molecule has 5 aliphatic rings.